The molecule has 3 aromatic rings. The fourth-order valence-corrected chi connectivity index (χ4v) is 6.61. The Morgan fingerprint density at radius 3 is 2.68 bits per heavy atom. The van der Waals surface area contributed by atoms with E-state index in [1.165, 1.54) is 6.92 Å². The van der Waals surface area contributed by atoms with E-state index in [0.717, 1.165) is 55.2 Å². The maximum atomic E-state index is 13.4. The molecular formula is C32H36N2O4. The molecule has 1 aliphatic carbocycles. The third-order valence-corrected chi connectivity index (χ3v) is 8.32. The van der Waals surface area contributed by atoms with Gasteiger partial charge in [-0.15, -0.1) is 6.58 Å². The lowest BCUT2D eigenvalue weighted by atomic mass is 9.57. The van der Waals surface area contributed by atoms with E-state index in [9.17, 15) is 9.59 Å². The van der Waals surface area contributed by atoms with Crippen LogP contribution in [-0.2, 0) is 14.9 Å². The second-order valence-corrected chi connectivity index (χ2v) is 10.6. The van der Waals surface area contributed by atoms with Crippen LogP contribution in [0.1, 0.15) is 42.1 Å². The number of carbonyl (C=O) groups is 2. The number of hydrogen-bond acceptors (Lipinski definition) is 5. The van der Waals surface area contributed by atoms with Crippen LogP contribution in [0.2, 0.25) is 0 Å². The molecule has 1 unspecified atom stereocenters. The zero-order valence-corrected chi connectivity index (χ0v) is 22.2. The number of nitrogens with one attached hydrogen (secondary N) is 1. The van der Waals surface area contributed by atoms with Gasteiger partial charge in [-0.25, -0.2) is 0 Å². The Hall–Kier alpha value is -3.48. The van der Waals surface area contributed by atoms with Crippen molar-refractivity contribution in [1.82, 2.24) is 10.2 Å². The predicted molar refractivity (Wildman–Crippen MR) is 149 cm³/mol. The second-order valence-electron chi connectivity index (χ2n) is 10.6. The molecule has 1 saturated carbocycles. The summed E-state index contributed by atoms with van der Waals surface area (Å²) >= 11 is 0. The molecular weight excluding hydrogens is 476 g/mol. The molecule has 4 atom stereocenters. The first kappa shape index (κ1) is 26.1. The number of amides is 1. The smallest absolute Gasteiger partial charge is 0.308 e. The summed E-state index contributed by atoms with van der Waals surface area (Å²) < 4.78 is 11.6. The first-order chi connectivity index (χ1) is 18.4. The van der Waals surface area contributed by atoms with E-state index >= 15 is 0 Å². The monoisotopic (exact) mass is 512 g/mol. The van der Waals surface area contributed by atoms with Crippen molar-refractivity contribution in [2.75, 3.05) is 26.7 Å². The second kappa shape index (κ2) is 11.1. The number of nitrogens with zero attached hydrogens (tertiary/aromatic N) is 1. The van der Waals surface area contributed by atoms with Crippen molar-refractivity contribution >= 4 is 22.6 Å². The summed E-state index contributed by atoms with van der Waals surface area (Å²) in [5.41, 5.74) is 1.56. The fourth-order valence-electron chi connectivity index (χ4n) is 6.61. The van der Waals surface area contributed by atoms with Gasteiger partial charge in [0.1, 0.15) is 5.75 Å². The van der Waals surface area contributed by atoms with Crippen LogP contribution >= 0.6 is 0 Å². The average Bonchev–Trinajstić information content (AvgIpc) is 2.92. The van der Waals surface area contributed by atoms with Gasteiger partial charge in [-0.3, -0.25) is 14.5 Å². The topological polar surface area (TPSA) is 67.9 Å². The highest BCUT2D eigenvalue weighted by molar-refractivity contribution is 5.98. The Bertz CT molecular complexity index is 1340. The number of ether oxygens (including phenoxy) is 2. The minimum absolute atomic E-state index is 0.0318. The van der Waals surface area contributed by atoms with E-state index in [0.29, 0.717) is 11.3 Å². The van der Waals surface area contributed by atoms with Crippen LogP contribution in [0.25, 0.3) is 10.8 Å². The van der Waals surface area contributed by atoms with Gasteiger partial charge in [0.05, 0.1) is 6.10 Å². The molecule has 1 heterocycles. The first-order valence-electron chi connectivity index (χ1n) is 13.4. The molecule has 5 rings (SSSR count). The number of rotatable bonds is 7. The molecule has 1 saturated heterocycles. The lowest BCUT2D eigenvalue weighted by Crippen LogP contribution is -2.61. The third kappa shape index (κ3) is 5.24. The highest BCUT2D eigenvalue weighted by Crippen LogP contribution is 2.50. The van der Waals surface area contributed by atoms with Crippen LogP contribution in [0, 0.1) is 5.92 Å². The van der Waals surface area contributed by atoms with E-state index in [1.807, 2.05) is 66.7 Å². The Kier molecular flexibility index (Phi) is 7.63. The van der Waals surface area contributed by atoms with Gasteiger partial charge in [0.15, 0.2) is 0 Å². The SMILES string of the molecule is C=CCN1CC[C@@]2(c3cccc(OC(C)=O)c3)C[C@@H](NC(=O)c3ccc4ccccc4c3)CC(OC)[C@@H]2C1. The number of benzene rings is 3. The molecule has 3 aromatic carbocycles. The molecule has 0 spiro atoms. The van der Waals surface area contributed by atoms with E-state index in [2.05, 4.69) is 22.9 Å². The molecule has 38 heavy (non-hydrogen) atoms. The van der Waals surface area contributed by atoms with Crippen molar-refractivity contribution in [3.8, 4) is 5.75 Å². The van der Waals surface area contributed by atoms with Gasteiger partial charge in [-0.05, 0) is 66.4 Å². The van der Waals surface area contributed by atoms with Crippen LogP contribution in [0.4, 0.5) is 0 Å². The fraction of sp³-hybridized carbons (Fsp3) is 0.375. The Balaban J connectivity index is 1.46. The summed E-state index contributed by atoms with van der Waals surface area (Å²) in [6.07, 6.45) is 4.37. The van der Waals surface area contributed by atoms with Gasteiger partial charge in [0, 0.05) is 50.1 Å². The van der Waals surface area contributed by atoms with Crippen LogP contribution in [0.15, 0.2) is 79.4 Å². The first-order valence-corrected chi connectivity index (χ1v) is 13.4. The van der Waals surface area contributed by atoms with Gasteiger partial charge in [-0.2, -0.15) is 0 Å². The van der Waals surface area contributed by atoms with Crippen molar-refractivity contribution in [2.45, 2.75) is 43.7 Å². The highest BCUT2D eigenvalue weighted by Gasteiger charge is 2.52. The van der Waals surface area contributed by atoms with Crippen LogP contribution < -0.4 is 10.1 Å². The average molecular weight is 513 g/mol. The molecule has 198 valence electrons. The molecule has 0 bridgehead atoms. The van der Waals surface area contributed by atoms with Crippen LogP contribution in [0.3, 0.4) is 0 Å². The van der Waals surface area contributed by atoms with Crippen LogP contribution in [-0.4, -0.2) is 55.7 Å². The molecule has 0 aromatic heterocycles. The van der Waals surface area contributed by atoms with E-state index in [4.69, 9.17) is 9.47 Å². The number of esters is 1. The van der Waals surface area contributed by atoms with Gasteiger partial charge in [0.2, 0.25) is 0 Å². The maximum absolute atomic E-state index is 13.4. The number of hydrogen-bond donors (Lipinski definition) is 1. The lowest BCUT2D eigenvalue weighted by Gasteiger charge is -2.55. The molecule has 6 nitrogen and oxygen atoms in total. The molecule has 0 radical (unpaired) electrons. The molecule has 2 fully saturated rings. The largest absolute Gasteiger partial charge is 0.427 e. The Morgan fingerprint density at radius 2 is 1.92 bits per heavy atom. The summed E-state index contributed by atoms with van der Waals surface area (Å²) in [6.45, 7) is 7.99. The third-order valence-electron chi connectivity index (χ3n) is 8.32. The number of fused-ring (bicyclic) bond motifs is 2. The summed E-state index contributed by atoms with van der Waals surface area (Å²) in [7, 11) is 1.77. The van der Waals surface area contributed by atoms with E-state index in [-0.39, 0.29) is 35.4 Å². The number of carbonyl (C=O) groups excluding carboxylic acids is 2. The van der Waals surface area contributed by atoms with Crippen molar-refractivity contribution in [1.29, 1.82) is 0 Å². The van der Waals surface area contributed by atoms with E-state index in [1.54, 1.807) is 7.11 Å². The van der Waals surface area contributed by atoms with Gasteiger partial charge in [0.25, 0.3) is 5.91 Å². The zero-order valence-electron chi connectivity index (χ0n) is 22.2. The van der Waals surface area contributed by atoms with Crippen LogP contribution in [0.5, 0.6) is 5.75 Å². The number of piperidine rings is 1. The summed E-state index contributed by atoms with van der Waals surface area (Å²) in [5.74, 6) is 0.369. The minimum atomic E-state index is -0.337. The van der Waals surface area contributed by atoms with Crippen molar-refractivity contribution in [2.24, 2.45) is 5.92 Å². The molecule has 2 aliphatic rings. The normalized spacial score (nSPS) is 25.4. The van der Waals surface area contributed by atoms with E-state index < -0.39 is 0 Å². The summed E-state index contributed by atoms with van der Waals surface area (Å²) in [5, 5.41) is 5.50. The van der Waals surface area contributed by atoms with Crippen molar-refractivity contribution in [3.63, 3.8) is 0 Å². The van der Waals surface area contributed by atoms with Crippen molar-refractivity contribution < 1.29 is 19.1 Å². The van der Waals surface area contributed by atoms with Gasteiger partial charge >= 0.3 is 5.97 Å². The number of methoxy groups -OCH3 is 1. The predicted octanol–water partition coefficient (Wildman–Crippen LogP) is 5.12. The van der Waals surface area contributed by atoms with Crippen molar-refractivity contribution in [3.05, 3.63) is 90.5 Å². The zero-order chi connectivity index (χ0) is 26.7. The standard InChI is InChI=1S/C32H36N2O4/c1-4-15-34-16-14-32(26-10-7-11-28(18-26)38-22(2)35)20-27(19-30(37-3)29(32)21-34)33-31(36)25-13-12-23-8-5-6-9-24(23)17-25/h4-13,17-18,27,29-30H,1,14-16,19-21H2,2-3H3,(H,33,36)/t27-,29-,30?,32-/m0/s1. The maximum Gasteiger partial charge on any atom is 0.308 e. The molecule has 1 aliphatic heterocycles. The summed E-state index contributed by atoms with van der Waals surface area (Å²) in [4.78, 5) is 27.5. The Morgan fingerprint density at radius 1 is 1.11 bits per heavy atom. The number of likely N-dealkylation sites (tertiary alicyclic amines) is 1. The minimum Gasteiger partial charge on any atom is -0.427 e. The summed E-state index contributed by atoms with van der Waals surface area (Å²) in [6, 6.07) is 21.8. The molecule has 1 N–H and O–H groups in total. The quantitative estimate of drug-likeness (QED) is 0.270. The molecule has 6 heteroatoms. The molecule has 1 amide bonds. The van der Waals surface area contributed by atoms with Gasteiger partial charge in [-0.1, -0.05) is 48.5 Å². The van der Waals surface area contributed by atoms with Gasteiger partial charge < -0.3 is 14.8 Å². The lowest BCUT2D eigenvalue weighted by molar-refractivity contribution is -0.131. The Labute approximate surface area is 224 Å². The highest BCUT2D eigenvalue weighted by atomic mass is 16.5.